The van der Waals surface area contributed by atoms with E-state index in [1.165, 1.54) is 36.6 Å². The van der Waals surface area contributed by atoms with Gasteiger partial charge in [0.15, 0.2) is 17.4 Å². The van der Waals surface area contributed by atoms with Crippen molar-refractivity contribution in [3.05, 3.63) is 113 Å². The molecule has 4 aromatic carbocycles. The molecule has 0 amide bonds. The van der Waals surface area contributed by atoms with Gasteiger partial charge in [0.1, 0.15) is 23.0 Å². The molecule has 5 rings (SSSR count). The molecule has 1 aliphatic carbocycles. The second kappa shape index (κ2) is 10.4. The van der Waals surface area contributed by atoms with E-state index in [-0.39, 0.29) is 11.1 Å². The van der Waals surface area contributed by atoms with E-state index in [9.17, 15) is 30.7 Å². The monoisotopic (exact) mass is 548 g/mol. The molecular weight excluding hydrogens is 528 g/mol. The van der Waals surface area contributed by atoms with E-state index in [1.807, 2.05) is 24.3 Å². The van der Waals surface area contributed by atoms with Crippen molar-refractivity contribution in [2.75, 3.05) is 0 Å². The van der Waals surface area contributed by atoms with E-state index in [1.54, 1.807) is 0 Å². The van der Waals surface area contributed by atoms with Crippen LogP contribution < -0.4 is 4.74 Å². The molecule has 1 fully saturated rings. The average molecular weight is 548 g/mol. The standard InChI is InChI=1S/C30H20F8O/c31-22-11-12-26(29(36)28(22)35)39-30(37,38)27-24(33)14-20(15-25(27)34)21-10-9-19(13-23(21)32)18-7-5-17(6-8-18)16-3-1-2-4-16/h5-16H,1-4H2. The summed E-state index contributed by atoms with van der Waals surface area (Å²) >= 11 is 0. The zero-order valence-corrected chi connectivity index (χ0v) is 20.2. The molecule has 0 unspecified atom stereocenters. The number of ether oxygens (including phenoxy) is 1. The van der Waals surface area contributed by atoms with Crippen molar-refractivity contribution in [2.24, 2.45) is 0 Å². The Balaban J connectivity index is 1.41. The molecule has 0 heterocycles. The largest absolute Gasteiger partial charge is 0.432 e. The van der Waals surface area contributed by atoms with Gasteiger partial charge in [0.25, 0.3) is 0 Å². The average Bonchev–Trinajstić information content (AvgIpc) is 3.43. The summed E-state index contributed by atoms with van der Waals surface area (Å²) in [5.74, 6) is -11.3. The van der Waals surface area contributed by atoms with Crippen LogP contribution in [0.5, 0.6) is 5.75 Å². The quantitative estimate of drug-likeness (QED) is 0.172. The highest BCUT2D eigenvalue weighted by molar-refractivity contribution is 5.71. The zero-order valence-electron chi connectivity index (χ0n) is 20.2. The van der Waals surface area contributed by atoms with Gasteiger partial charge in [-0.2, -0.15) is 13.2 Å². The number of hydrogen-bond donors (Lipinski definition) is 0. The molecule has 0 saturated heterocycles. The maximum Gasteiger partial charge on any atom is 0.432 e. The summed E-state index contributed by atoms with van der Waals surface area (Å²) in [5.41, 5.74) is -0.0654. The molecule has 0 bridgehead atoms. The highest BCUT2D eigenvalue weighted by atomic mass is 19.3. The van der Waals surface area contributed by atoms with Crippen molar-refractivity contribution in [2.45, 2.75) is 37.7 Å². The minimum atomic E-state index is -4.81. The van der Waals surface area contributed by atoms with E-state index >= 15 is 4.39 Å². The lowest BCUT2D eigenvalue weighted by atomic mass is 9.94. The van der Waals surface area contributed by atoms with Crippen molar-refractivity contribution in [1.82, 2.24) is 0 Å². The first-order chi connectivity index (χ1) is 18.5. The molecule has 0 N–H and O–H groups in total. The van der Waals surface area contributed by atoms with Gasteiger partial charge < -0.3 is 4.74 Å². The second-order valence-electron chi connectivity index (χ2n) is 9.41. The summed E-state index contributed by atoms with van der Waals surface area (Å²) in [4.78, 5) is 0. The van der Waals surface area contributed by atoms with E-state index in [0.717, 1.165) is 18.4 Å². The Morgan fingerprint density at radius 2 is 1.18 bits per heavy atom. The molecule has 0 radical (unpaired) electrons. The Hall–Kier alpha value is -3.88. The van der Waals surface area contributed by atoms with Crippen LogP contribution in [0.1, 0.15) is 42.7 Å². The lowest BCUT2D eigenvalue weighted by Crippen LogP contribution is -2.26. The molecule has 202 valence electrons. The van der Waals surface area contributed by atoms with Crippen molar-refractivity contribution in [3.8, 4) is 28.0 Å². The minimum Gasteiger partial charge on any atom is -0.425 e. The molecule has 9 heteroatoms. The Morgan fingerprint density at radius 3 is 1.79 bits per heavy atom. The van der Waals surface area contributed by atoms with Gasteiger partial charge in [0, 0.05) is 5.56 Å². The number of rotatable bonds is 6. The van der Waals surface area contributed by atoms with Crippen LogP contribution in [0.3, 0.4) is 0 Å². The maximum atomic E-state index is 15.0. The summed E-state index contributed by atoms with van der Waals surface area (Å²) < 4.78 is 118. The first-order valence-corrected chi connectivity index (χ1v) is 12.2. The van der Waals surface area contributed by atoms with Gasteiger partial charge in [0.2, 0.25) is 5.82 Å². The third-order valence-corrected chi connectivity index (χ3v) is 6.92. The Bertz CT molecular complexity index is 1500. The van der Waals surface area contributed by atoms with Gasteiger partial charge in [-0.3, -0.25) is 0 Å². The van der Waals surface area contributed by atoms with Crippen molar-refractivity contribution in [3.63, 3.8) is 0 Å². The number of halogens is 8. The molecule has 1 saturated carbocycles. The molecule has 39 heavy (non-hydrogen) atoms. The van der Waals surface area contributed by atoms with Gasteiger partial charge in [-0.15, -0.1) is 0 Å². The number of benzene rings is 4. The highest BCUT2D eigenvalue weighted by Crippen LogP contribution is 2.39. The summed E-state index contributed by atoms with van der Waals surface area (Å²) in [6.07, 6.45) is -0.162. The van der Waals surface area contributed by atoms with E-state index < -0.39 is 52.3 Å². The summed E-state index contributed by atoms with van der Waals surface area (Å²) in [6.45, 7) is 0. The van der Waals surface area contributed by atoms with E-state index in [4.69, 9.17) is 0 Å². The summed E-state index contributed by atoms with van der Waals surface area (Å²) in [7, 11) is 0. The smallest absolute Gasteiger partial charge is 0.425 e. The predicted octanol–water partition coefficient (Wildman–Crippen LogP) is 9.64. The third-order valence-electron chi connectivity index (χ3n) is 6.92. The molecule has 0 aromatic heterocycles. The normalized spacial score (nSPS) is 14.2. The SMILES string of the molecule is Fc1cc(-c2ccc(C3CCCC3)cc2)ccc1-c1cc(F)c(C(F)(F)Oc2ccc(F)c(F)c2F)c(F)c1. The number of alkyl halides is 2. The van der Waals surface area contributed by atoms with Gasteiger partial charge in [0.05, 0.1) is 0 Å². The molecule has 0 atom stereocenters. The zero-order chi connectivity index (χ0) is 27.9. The third kappa shape index (κ3) is 5.22. The molecular formula is C30H20F8O. The first-order valence-electron chi connectivity index (χ1n) is 12.2. The Kier molecular flexibility index (Phi) is 7.09. The fraction of sp³-hybridized carbons (Fsp3) is 0.200. The van der Waals surface area contributed by atoms with Crippen LogP contribution in [0, 0.1) is 34.9 Å². The van der Waals surface area contributed by atoms with Crippen LogP contribution in [-0.2, 0) is 6.11 Å². The van der Waals surface area contributed by atoms with Gasteiger partial charge >= 0.3 is 6.11 Å². The summed E-state index contributed by atoms with van der Waals surface area (Å²) in [5, 5.41) is 0. The van der Waals surface area contributed by atoms with E-state index in [2.05, 4.69) is 4.74 Å². The Labute approximate surface area is 218 Å². The Morgan fingerprint density at radius 1 is 0.590 bits per heavy atom. The second-order valence-corrected chi connectivity index (χ2v) is 9.41. The van der Waals surface area contributed by atoms with Crippen molar-refractivity contribution >= 4 is 0 Å². The lowest BCUT2D eigenvalue weighted by Gasteiger charge is -2.20. The van der Waals surface area contributed by atoms with Crippen LogP contribution in [0.15, 0.2) is 66.7 Å². The van der Waals surface area contributed by atoms with Crippen LogP contribution in [-0.4, -0.2) is 0 Å². The minimum absolute atomic E-state index is 0.249. The van der Waals surface area contributed by atoms with E-state index in [0.29, 0.717) is 35.7 Å². The number of hydrogen-bond acceptors (Lipinski definition) is 1. The van der Waals surface area contributed by atoms with Gasteiger partial charge in [-0.05, 0) is 71.3 Å². The van der Waals surface area contributed by atoms with Crippen molar-refractivity contribution in [1.29, 1.82) is 0 Å². The lowest BCUT2D eigenvalue weighted by molar-refractivity contribution is -0.191. The molecule has 4 aromatic rings. The fourth-order valence-electron chi connectivity index (χ4n) is 4.92. The topological polar surface area (TPSA) is 9.23 Å². The van der Waals surface area contributed by atoms with Crippen LogP contribution in [0.4, 0.5) is 35.1 Å². The van der Waals surface area contributed by atoms with Gasteiger partial charge in [-0.25, -0.2) is 22.0 Å². The molecule has 1 nitrogen and oxygen atoms in total. The fourth-order valence-corrected chi connectivity index (χ4v) is 4.92. The summed E-state index contributed by atoms with van der Waals surface area (Å²) in [6, 6.07) is 13.3. The molecule has 1 aliphatic rings. The molecule has 0 spiro atoms. The van der Waals surface area contributed by atoms with Crippen LogP contribution >= 0.6 is 0 Å². The molecule has 0 aliphatic heterocycles. The van der Waals surface area contributed by atoms with Crippen LogP contribution in [0.2, 0.25) is 0 Å². The predicted molar refractivity (Wildman–Crippen MR) is 129 cm³/mol. The first kappa shape index (κ1) is 26.7. The van der Waals surface area contributed by atoms with Crippen LogP contribution in [0.25, 0.3) is 22.3 Å². The van der Waals surface area contributed by atoms with Gasteiger partial charge in [-0.1, -0.05) is 49.2 Å². The maximum absolute atomic E-state index is 15.0. The van der Waals surface area contributed by atoms with Crippen molar-refractivity contribution < 1.29 is 39.9 Å². The highest BCUT2D eigenvalue weighted by Gasteiger charge is 2.42.